The third kappa shape index (κ3) is 1.88. The van der Waals surface area contributed by atoms with E-state index in [2.05, 4.69) is 25.1 Å². The second kappa shape index (κ2) is 2.95. The molecule has 0 aliphatic carbocycles. The van der Waals surface area contributed by atoms with E-state index >= 15 is 0 Å². The molecule has 1 aromatic carbocycles. The first-order valence-corrected chi connectivity index (χ1v) is 5.24. The van der Waals surface area contributed by atoms with Gasteiger partial charge >= 0.3 is 73.1 Å². The molecule has 48 valence electrons. The van der Waals surface area contributed by atoms with Crippen molar-refractivity contribution < 1.29 is 0 Å². The summed E-state index contributed by atoms with van der Waals surface area (Å²) in [7, 11) is 0. The summed E-state index contributed by atoms with van der Waals surface area (Å²) >= 11 is 3.44. The number of hydrogen-bond acceptors (Lipinski definition) is 0. The summed E-state index contributed by atoms with van der Waals surface area (Å²) in [6.45, 7) is 2.13. The second-order valence-electron chi connectivity index (χ2n) is 2.13. The first-order valence-electron chi connectivity index (χ1n) is 2.82. The molecule has 0 aliphatic heterocycles. The van der Waals surface area contributed by atoms with Gasteiger partial charge in [-0.05, 0) is 0 Å². The van der Waals surface area contributed by atoms with Gasteiger partial charge in [-0.1, -0.05) is 0 Å². The quantitative estimate of drug-likeness (QED) is 0.488. The van der Waals surface area contributed by atoms with Crippen LogP contribution in [0.1, 0.15) is 5.56 Å². The van der Waals surface area contributed by atoms with E-state index in [4.69, 9.17) is 0 Å². The minimum atomic E-state index is 1.37. The van der Waals surface area contributed by atoms with E-state index < -0.39 is 0 Å². The fourth-order valence-electron chi connectivity index (χ4n) is 0.694. The van der Waals surface area contributed by atoms with Crippen molar-refractivity contribution in [2.24, 2.45) is 0 Å². The Morgan fingerprint density at radius 3 is 2.22 bits per heavy atom. The van der Waals surface area contributed by atoms with E-state index in [1.807, 2.05) is 0 Å². The number of benzene rings is 1. The van der Waals surface area contributed by atoms with Gasteiger partial charge in [0.15, 0.2) is 0 Å². The molecule has 2 heteroatoms. The molecule has 0 aliphatic rings. The van der Waals surface area contributed by atoms with Crippen molar-refractivity contribution in [3.63, 3.8) is 0 Å². The Balaban J connectivity index is 3.17. The molecule has 0 N–H and O–H groups in total. The summed E-state index contributed by atoms with van der Waals surface area (Å²) < 4.78 is 2.94. The Morgan fingerprint density at radius 1 is 1.11 bits per heavy atom. The molecule has 2 unspecified atom stereocenters. The van der Waals surface area contributed by atoms with Crippen molar-refractivity contribution in [1.29, 1.82) is 0 Å². The van der Waals surface area contributed by atoms with Gasteiger partial charge in [-0.2, -0.15) is 0 Å². The predicted octanol–water partition coefficient (Wildman–Crippen LogP) is -1.49. The molecule has 9 heavy (non-hydrogen) atoms. The zero-order valence-electron chi connectivity index (χ0n) is 5.39. The van der Waals surface area contributed by atoms with Gasteiger partial charge in [0, 0.05) is 0 Å². The molecule has 0 nitrogen and oxygen atoms in total. The Kier molecular flexibility index (Phi) is 2.44. The summed E-state index contributed by atoms with van der Waals surface area (Å²) in [5, 5.41) is 0. The molecule has 0 radical (unpaired) electrons. The Morgan fingerprint density at radius 2 is 1.78 bits per heavy atom. The van der Waals surface area contributed by atoms with E-state index in [-0.39, 0.29) is 0 Å². The number of aryl methyl sites for hydroxylation is 1. The van der Waals surface area contributed by atoms with Gasteiger partial charge in [0.05, 0.1) is 0 Å². The Labute approximate surface area is 73.0 Å². The standard InChI is InChI=1S/C7H10As2/c1-5-2-3-6(8)7(9)4-5/h2-4H,8-9H2,1H3. The van der Waals surface area contributed by atoms with Crippen LogP contribution in [-0.2, 0) is 0 Å². The van der Waals surface area contributed by atoms with Crippen LogP contribution in [0, 0.1) is 6.92 Å². The van der Waals surface area contributed by atoms with Gasteiger partial charge in [-0.25, -0.2) is 0 Å². The molecule has 2 atom stereocenters. The van der Waals surface area contributed by atoms with Gasteiger partial charge < -0.3 is 0 Å². The summed E-state index contributed by atoms with van der Waals surface area (Å²) in [5.74, 6) is 0. The van der Waals surface area contributed by atoms with Crippen LogP contribution in [0.25, 0.3) is 0 Å². The fourth-order valence-corrected chi connectivity index (χ4v) is 1.82. The molecule has 1 rings (SSSR count). The molecular formula is C7H10As2. The van der Waals surface area contributed by atoms with Crippen LogP contribution < -0.4 is 8.70 Å². The molecule has 0 aromatic heterocycles. The Hall–Kier alpha value is 0.337. The van der Waals surface area contributed by atoms with Gasteiger partial charge in [0.2, 0.25) is 0 Å². The first-order chi connectivity index (χ1) is 4.20. The van der Waals surface area contributed by atoms with Gasteiger partial charge in [-0.15, -0.1) is 0 Å². The third-order valence-electron chi connectivity index (χ3n) is 1.24. The zero-order valence-corrected chi connectivity index (χ0v) is 10.2. The third-order valence-corrected chi connectivity index (χ3v) is 4.86. The number of rotatable bonds is 0. The summed E-state index contributed by atoms with van der Waals surface area (Å²) in [6, 6.07) is 6.61. The van der Waals surface area contributed by atoms with Crippen molar-refractivity contribution >= 4 is 42.4 Å². The summed E-state index contributed by atoms with van der Waals surface area (Å²) in [5.41, 5.74) is 1.37. The van der Waals surface area contributed by atoms with Gasteiger partial charge in [0.25, 0.3) is 0 Å². The van der Waals surface area contributed by atoms with E-state index in [0.717, 1.165) is 0 Å². The van der Waals surface area contributed by atoms with E-state index in [1.165, 1.54) is 14.3 Å². The monoisotopic (exact) mass is 244 g/mol. The van der Waals surface area contributed by atoms with E-state index in [0.29, 0.717) is 0 Å². The van der Waals surface area contributed by atoms with Crippen LogP contribution in [0.3, 0.4) is 0 Å². The van der Waals surface area contributed by atoms with E-state index in [1.54, 1.807) is 33.7 Å². The molecule has 0 bridgehead atoms. The summed E-state index contributed by atoms with van der Waals surface area (Å²) in [6.07, 6.45) is 0. The Bertz CT molecular complexity index is 218. The van der Waals surface area contributed by atoms with Crippen LogP contribution in [-0.4, -0.2) is 33.7 Å². The SMILES string of the molecule is Cc1ccc([AsH2])c([AsH2])c1. The first kappa shape index (κ1) is 7.44. The fraction of sp³-hybridized carbons (Fsp3) is 0.143. The van der Waals surface area contributed by atoms with Crippen LogP contribution >= 0.6 is 0 Å². The van der Waals surface area contributed by atoms with Crippen LogP contribution in [0.4, 0.5) is 0 Å². The zero-order chi connectivity index (χ0) is 6.85. The minimum absolute atomic E-state index is 1.37. The average Bonchev–Trinajstić information content (AvgIpc) is 1.80. The molecule has 1 aromatic rings. The van der Waals surface area contributed by atoms with Gasteiger partial charge in [-0.3, -0.25) is 0 Å². The molecule has 0 saturated carbocycles. The molecule has 0 amide bonds. The van der Waals surface area contributed by atoms with Crippen LogP contribution in [0.2, 0.25) is 0 Å². The van der Waals surface area contributed by atoms with Crippen molar-refractivity contribution in [2.45, 2.75) is 6.92 Å². The van der Waals surface area contributed by atoms with Gasteiger partial charge in [0.1, 0.15) is 0 Å². The maximum absolute atomic E-state index is 2.25. The van der Waals surface area contributed by atoms with Crippen LogP contribution in [0.15, 0.2) is 18.2 Å². The van der Waals surface area contributed by atoms with Crippen LogP contribution in [0.5, 0.6) is 0 Å². The van der Waals surface area contributed by atoms with Crippen molar-refractivity contribution in [3.05, 3.63) is 23.8 Å². The average molecular weight is 244 g/mol. The molecular weight excluding hydrogens is 234 g/mol. The predicted molar refractivity (Wildman–Crippen MR) is 47.5 cm³/mol. The van der Waals surface area contributed by atoms with E-state index in [9.17, 15) is 0 Å². The topological polar surface area (TPSA) is 0 Å². The normalized spacial score (nSPS) is 9.67. The summed E-state index contributed by atoms with van der Waals surface area (Å²) in [4.78, 5) is 0. The van der Waals surface area contributed by atoms with Crippen molar-refractivity contribution in [2.75, 3.05) is 0 Å². The van der Waals surface area contributed by atoms with Crippen molar-refractivity contribution in [3.8, 4) is 0 Å². The maximum atomic E-state index is 2.25. The molecule has 0 heterocycles. The molecule has 0 fully saturated rings. The molecule has 0 spiro atoms. The molecule has 0 saturated heterocycles. The van der Waals surface area contributed by atoms with Crippen molar-refractivity contribution in [1.82, 2.24) is 0 Å². The second-order valence-corrected chi connectivity index (χ2v) is 4.74. The number of hydrogen-bond donors (Lipinski definition) is 0.